The van der Waals surface area contributed by atoms with E-state index < -0.39 is 0 Å². The number of ether oxygens (including phenoxy) is 1. The Bertz CT molecular complexity index is 2860. The van der Waals surface area contributed by atoms with E-state index in [0.717, 1.165) is 40.1 Å². The predicted molar refractivity (Wildman–Crippen MR) is 213 cm³/mol. The van der Waals surface area contributed by atoms with Crippen molar-refractivity contribution in [1.82, 2.24) is 19.5 Å². The molecule has 0 fully saturated rings. The number of nitrogens with zero attached hydrogens (tertiary/aromatic N) is 4. The summed E-state index contributed by atoms with van der Waals surface area (Å²) in [5.74, 6) is 3.83. The van der Waals surface area contributed by atoms with Crippen molar-refractivity contribution < 1.29 is 4.74 Å². The minimum atomic E-state index is -0.143. The highest BCUT2D eigenvalue weighted by Gasteiger charge is 2.38. The van der Waals surface area contributed by atoms with Crippen molar-refractivity contribution in [2.75, 3.05) is 0 Å². The van der Waals surface area contributed by atoms with E-state index >= 15 is 0 Å². The summed E-state index contributed by atoms with van der Waals surface area (Å²) in [5, 5.41) is 2.35. The van der Waals surface area contributed by atoms with Crippen LogP contribution in [0, 0.1) is 0 Å². The highest BCUT2D eigenvalue weighted by Crippen LogP contribution is 2.53. The zero-order valence-corrected chi connectivity index (χ0v) is 29.4. The summed E-state index contributed by atoms with van der Waals surface area (Å²) in [6, 6.07) is 49.2. The fourth-order valence-electron chi connectivity index (χ4n) is 8.94. The quantitative estimate of drug-likeness (QED) is 0.185. The van der Waals surface area contributed by atoms with Gasteiger partial charge in [-0.1, -0.05) is 147 Å². The molecule has 53 heavy (non-hydrogen) atoms. The second-order valence-electron chi connectivity index (χ2n) is 14.7. The molecule has 1 aliphatic heterocycles. The smallest absolute Gasteiger partial charge is 0.238 e. The van der Waals surface area contributed by atoms with Gasteiger partial charge >= 0.3 is 0 Å². The van der Waals surface area contributed by atoms with Crippen LogP contribution < -0.4 is 4.74 Å². The van der Waals surface area contributed by atoms with Crippen LogP contribution in [-0.4, -0.2) is 19.5 Å². The number of rotatable bonds is 4. The van der Waals surface area contributed by atoms with Crippen LogP contribution in [0.25, 0.3) is 67.0 Å². The monoisotopic (exact) mass is 682 g/mol. The SMILES string of the molecule is CC1(C)c2ccccc2-c2c1ccc1c3ccccc3n(-c3nc(C4=CCC5C(=C4)Oc4cccc(-c6ccccc6)c45)nc(-c4ccccc4)n3)c21. The standard InChI is InChI=1S/C48H34N4O/c1-48(2)37-21-11-9-19-35(37)43-38(48)27-26-34-33-18-10-12-22-39(33)52(44(34)43)47-50-45(30-16-7-4-8-17-30)49-46(51-47)31-24-25-36-41(28-31)53-40-23-13-20-32(42(36)40)29-14-5-3-6-15-29/h3-24,26-28,36H,25H2,1-2H3. The molecular formula is C48H34N4O. The third-order valence-corrected chi connectivity index (χ3v) is 11.4. The number of allylic oxidation sites excluding steroid dienone is 4. The molecule has 0 spiro atoms. The number of hydrogen-bond donors (Lipinski definition) is 0. The minimum absolute atomic E-state index is 0.128. The molecule has 0 radical (unpaired) electrons. The fourth-order valence-corrected chi connectivity index (χ4v) is 8.94. The number of hydrogen-bond acceptors (Lipinski definition) is 4. The molecule has 5 nitrogen and oxygen atoms in total. The number of benzene rings is 6. The van der Waals surface area contributed by atoms with Gasteiger partial charge in [0.2, 0.25) is 5.95 Å². The Morgan fingerprint density at radius 1 is 0.623 bits per heavy atom. The molecule has 0 N–H and O–H groups in total. The van der Waals surface area contributed by atoms with Crippen LogP contribution >= 0.6 is 0 Å². The van der Waals surface area contributed by atoms with Gasteiger partial charge in [0, 0.05) is 44.4 Å². The average Bonchev–Trinajstić information content (AvgIpc) is 3.83. The Balaban J connectivity index is 1.12. The topological polar surface area (TPSA) is 52.8 Å². The second-order valence-corrected chi connectivity index (χ2v) is 14.7. The molecule has 2 aromatic heterocycles. The summed E-state index contributed by atoms with van der Waals surface area (Å²) in [4.78, 5) is 15.8. The van der Waals surface area contributed by atoms with Crippen LogP contribution in [0.4, 0.5) is 0 Å². The highest BCUT2D eigenvalue weighted by molar-refractivity contribution is 6.15. The Morgan fingerprint density at radius 3 is 2.19 bits per heavy atom. The van der Waals surface area contributed by atoms with E-state index in [0.29, 0.717) is 17.6 Å². The first-order valence-corrected chi connectivity index (χ1v) is 18.3. The van der Waals surface area contributed by atoms with Crippen LogP contribution in [0.15, 0.2) is 157 Å². The van der Waals surface area contributed by atoms with Crippen molar-refractivity contribution in [3.63, 3.8) is 0 Å². The lowest BCUT2D eigenvalue weighted by Gasteiger charge is -2.21. The van der Waals surface area contributed by atoms with Crippen molar-refractivity contribution in [3.05, 3.63) is 180 Å². The van der Waals surface area contributed by atoms with E-state index in [1.165, 1.54) is 49.7 Å². The summed E-state index contributed by atoms with van der Waals surface area (Å²) >= 11 is 0. The Kier molecular flexibility index (Phi) is 6.36. The third kappa shape index (κ3) is 4.40. The first-order valence-electron chi connectivity index (χ1n) is 18.3. The van der Waals surface area contributed by atoms with Crippen LogP contribution in [0.3, 0.4) is 0 Å². The minimum Gasteiger partial charge on any atom is -0.461 e. The van der Waals surface area contributed by atoms with Gasteiger partial charge in [-0.3, -0.25) is 4.57 Å². The molecule has 1 unspecified atom stereocenters. The van der Waals surface area contributed by atoms with Gasteiger partial charge in [0.25, 0.3) is 0 Å². The lowest BCUT2D eigenvalue weighted by molar-refractivity contribution is 0.426. The van der Waals surface area contributed by atoms with Crippen molar-refractivity contribution in [2.45, 2.75) is 31.6 Å². The second kappa shape index (κ2) is 11.2. The summed E-state index contributed by atoms with van der Waals surface area (Å²) in [6.07, 6.45) is 5.19. The molecule has 2 aliphatic carbocycles. The van der Waals surface area contributed by atoms with E-state index in [2.05, 4.69) is 152 Å². The van der Waals surface area contributed by atoms with Gasteiger partial charge in [-0.25, -0.2) is 4.98 Å². The molecule has 3 aliphatic rings. The van der Waals surface area contributed by atoms with E-state index in [1.807, 2.05) is 18.2 Å². The van der Waals surface area contributed by atoms with Gasteiger partial charge in [0.15, 0.2) is 11.6 Å². The van der Waals surface area contributed by atoms with Crippen LogP contribution in [0.2, 0.25) is 0 Å². The van der Waals surface area contributed by atoms with E-state index in [-0.39, 0.29) is 11.3 Å². The maximum atomic E-state index is 6.60. The summed E-state index contributed by atoms with van der Waals surface area (Å²) in [6.45, 7) is 4.65. The average molecular weight is 683 g/mol. The molecule has 252 valence electrons. The van der Waals surface area contributed by atoms with Gasteiger partial charge in [-0.05, 0) is 52.4 Å². The first kappa shape index (κ1) is 30.1. The highest BCUT2D eigenvalue weighted by atomic mass is 16.5. The lowest BCUT2D eigenvalue weighted by atomic mass is 9.82. The number of fused-ring (bicyclic) bond motifs is 10. The molecule has 3 heterocycles. The van der Waals surface area contributed by atoms with E-state index in [1.54, 1.807) is 0 Å². The van der Waals surface area contributed by atoms with Crippen LogP contribution in [0.1, 0.15) is 48.7 Å². The normalized spacial score (nSPS) is 16.4. The van der Waals surface area contributed by atoms with E-state index in [4.69, 9.17) is 19.7 Å². The summed E-state index contributed by atoms with van der Waals surface area (Å²) in [5.41, 5.74) is 12.7. The summed E-state index contributed by atoms with van der Waals surface area (Å²) < 4.78 is 8.88. The third-order valence-electron chi connectivity index (χ3n) is 11.4. The molecule has 0 amide bonds. The summed E-state index contributed by atoms with van der Waals surface area (Å²) in [7, 11) is 0. The van der Waals surface area contributed by atoms with Crippen LogP contribution in [0.5, 0.6) is 5.75 Å². The lowest BCUT2D eigenvalue weighted by Crippen LogP contribution is -2.14. The molecular weight excluding hydrogens is 649 g/mol. The Hall–Kier alpha value is -6.59. The number of para-hydroxylation sites is 1. The van der Waals surface area contributed by atoms with E-state index in [9.17, 15) is 0 Å². The molecule has 5 heteroatoms. The molecule has 0 saturated heterocycles. The maximum absolute atomic E-state index is 6.60. The molecule has 0 bridgehead atoms. The van der Waals surface area contributed by atoms with Gasteiger partial charge in [0.05, 0.1) is 11.0 Å². The molecule has 1 atom stereocenters. The zero-order valence-electron chi connectivity index (χ0n) is 29.4. The van der Waals surface area contributed by atoms with Gasteiger partial charge in [0.1, 0.15) is 11.5 Å². The molecule has 6 aromatic carbocycles. The van der Waals surface area contributed by atoms with Crippen molar-refractivity contribution in [3.8, 4) is 45.3 Å². The van der Waals surface area contributed by atoms with Crippen molar-refractivity contribution in [2.24, 2.45) is 0 Å². The number of aromatic nitrogens is 4. The molecule has 8 aromatic rings. The van der Waals surface area contributed by atoms with Gasteiger partial charge in [-0.15, -0.1) is 0 Å². The van der Waals surface area contributed by atoms with Crippen LogP contribution in [-0.2, 0) is 5.41 Å². The molecule has 11 rings (SSSR count). The van der Waals surface area contributed by atoms with Gasteiger partial charge in [-0.2, -0.15) is 9.97 Å². The Morgan fingerprint density at radius 2 is 1.34 bits per heavy atom. The van der Waals surface area contributed by atoms with Crippen molar-refractivity contribution in [1.29, 1.82) is 0 Å². The zero-order chi connectivity index (χ0) is 35.3. The van der Waals surface area contributed by atoms with Gasteiger partial charge < -0.3 is 4.74 Å². The maximum Gasteiger partial charge on any atom is 0.238 e. The Labute approximate surface area is 307 Å². The predicted octanol–water partition coefficient (Wildman–Crippen LogP) is 11.5. The fraction of sp³-hybridized carbons (Fsp3) is 0.104. The first-order chi connectivity index (χ1) is 26.0. The largest absolute Gasteiger partial charge is 0.461 e. The molecule has 0 saturated carbocycles. The van der Waals surface area contributed by atoms with Crippen molar-refractivity contribution >= 4 is 27.4 Å².